The quantitative estimate of drug-likeness (QED) is 0.419. The highest BCUT2D eigenvalue weighted by Gasteiger charge is 2.02. The van der Waals surface area contributed by atoms with E-state index in [1.165, 1.54) is 77.0 Å². The van der Waals surface area contributed by atoms with Crippen molar-refractivity contribution in [1.29, 1.82) is 0 Å². The van der Waals surface area contributed by atoms with Crippen molar-refractivity contribution in [3.63, 3.8) is 0 Å². The van der Waals surface area contributed by atoms with Gasteiger partial charge >= 0.3 is 0 Å². The van der Waals surface area contributed by atoms with Gasteiger partial charge in [0, 0.05) is 6.04 Å². The number of hydrogen-bond acceptors (Lipinski definition) is 3. The Morgan fingerprint density at radius 3 is 1.22 bits per heavy atom. The SMILES string of the molecule is NCCCCCCCC(N)CCCCCCCN. The van der Waals surface area contributed by atoms with E-state index in [0.717, 1.165) is 13.1 Å². The molecule has 0 fully saturated rings. The first-order valence-corrected chi connectivity index (χ1v) is 7.97. The summed E-state index contributed by atoms with van der Waals surface area (Å²) < 4.78 is 0. The number of hydrogen-bond donors (Lipinski definition) is 3. The van der Waals surface area contributed by atoms with Crippen molar-refractivity contribution in [2.75, 3.05) is 13.1 Å². The molecule has 18 heavy (non-hydrogen) atoms. The Balaban J connectivity index is 3.10. The van der Waals surface area contributed by atoms with Crippen LogP contribution in [0.25, 0.3) is 0 Å². The zero-order chi connectivity index (χ0) is 13.5. The van der Waals surface area contributed by atoms with Crippen LogP contribution in [0.4, 0.5) is 0 Å². The maximum atomic E-state index is 6.12. The highest BCUT2D eigenvalue weighted by Crippen LogP contribution is 2.11. The zero-order valence-electron chi connectivity index (χ0n) is 12.2. The van der Waals surface area contributed by atoms with E-state index in [1.807, 2.05) is 0 Å². The third-order valence-electron chi connectivity index (χ3n) is 3.56. The molecule has 0 aliphatic carbocycles. The summed E-state index contributed by atoms with van der Waals surface area (Å²) >= 11 is 0. The summed E-state index contributed by atoms with van der Waals surface area (Å²) in [6.45, 7) is 1.67. The highest BCUT2D eigenvalue weighted by molar-refractivity contribution is 4.62. The van der Waals surface area contributed by atoms with Crippen LogP contribution in [0.15, 0.2) is 0 Å². The van der Waals surface area contributed by atoms with Crippen molar-refractivity contribution < 1.29 is 0 Å². The maximum absolute atomic E-state index is 6.12. The first-order chi connectivity index (χ1) is 8.81. The minimum atomic E-state index is 0.425. The molecule has 3 heteroatoms. The third kappa shape index (κ3) is 13.9. The van der Waals surface area contributed by atoms with Gasteiger partial charge < -0.3 is 17.2 Å². The van der Waals surface area contributed by atoms with E-state index in [2.05, 4.69) is 0 Å². The van der Waals surface area contributed by atoms with E-state index in [9.17, 15) is 0 Å². The maximum Gasteiger partial charge on any atom is 0.00388 e. The second kappa shape index (κ2) is 14.9. The van der Waals surface area contributed by atoms with Gasteiger partial charge in [0.2, 0.25) is 0 Å². The molecule has 0 saturated heterocycles. The molecule has 0 saturated carbocycles. The Morgan fingerprint density at radius 1 is 0.500 bits per heavy atom. The van der Waals surface area contributed by atoms with Crippen LogP contribution in [-0.4, -0.2) is 19.1 Å². The summed E-state index contributed by atoms with van der Waals surface area (Å²) in [6, 6.07) is 0.425. The summed E-state index contributed by atoms with van der Waals surface area (Å²) in [5.41, 5.74) is 17.0. The van der Waals surface area contributed by atoms with E-state index in [4.69, 9.17) is 17.2 Å². The average Bonchev–Trinajstić information content (AvgIpc) is 2.38. The fraction of sp³-hybridized carbons (Fsp3) is 1.00. The molecule has 0 aliphatic heterocycles. The van der Waals surface area contributed by atoms with Gasteiger partial charge in [0.25, 0.3) is 0 Å². The van der Waals surface area contributed by atoms with Crippen LogP contribution in [0, 0.1) is 0 Å². The molecule has 0 bridgehead atoms. The number of unbranched alkanes of at least 4 members (excludes halogenated alkanes) is 8. The van der Waals surface area contributed by atoms with Crippen molar-refractivity contribution in [2.24, 2.45) is 17.2 Å². The molecule has 110 valence electrons. The van der Waals surface area contributed by atoms with Gasteiger partial charge in [-0.3, -0.25) is 0 Å². The van der Waals surface area contributed by atoms with Crippen LogP contribution in [-0.2, 0) is 0 Å². The summed E-state index contributed by atoms with van der Waals surface area (Å²) in [6.07, 6.45) is 15.2. The molecule has 0 atom stereocenters. The molecule has 0 aliphatic rings. The summed E-state index contributed by atoms with van der Waals surface area (Å²) in [4.78, 5) is 0. The van der Waals surface area contributed by atoms with Gasteiger partial charge in [-0.1, -0.05) is 51.4 Å². The molecule has 0 aromatic carbocycles. The summed E-state index contributed by atoms with van der Waals surface area (Å²) in [5.74, 6) is 0. The smallest absolute Gasteiger partial charge is 0.00388 e. The largest absolute Gasteiger partial charge is 0.330 e. The average molecular weight is 257 g/mol. The standard InChI is InChI=1S/C15H35N3/c16-13-9-5-1-3-7-11-15(18)12-8-4-2-6-10-14-17/h15H,1-14,16-18H2. The van der Waals surface area contributed by atoms with Gasteiger partial charge in [-0.25, -0.2) is 0 Å². The Bertz CT molecular complexity index is 135. The first kappa shape index (κ1) is 17.9. The van der Waals surface area contributed by atoms with Crippen LogP contribution < -0.4 is 17.2 Å². The van der Waals surface area contributed by atoms with E-state index < -0.39 is 0 Å². The highest BCUT2D eigenvalue weighted by atomic mass is 14.6. The molecule has 6 N–H and O–H groups in total. The fourth-order valence-corrected chi connectivity index (χ4v) is 2.31. The van der Waals surface area contributed by atoms with E-state index >= 15 is 0 Å². The molecular formula is C15H35N3. The molecule has 0 unspecified atom stereocenters. The lowest BCUT2D eigenvalue weighted by molar-refractivity contribution is 0.485. The van der Waals surface area contributed by atoms with Crippen molar-refractivity contribution >= 4 is 0 Å². The van der Waals surface area contributed by atoms with Gasteiger partial charge in [0.1, 0.15) is 0 Å². The lowest BCUT2D eigenvalue weighted by Gasteiger charge is -2.11. The molecule has 0 rings (SSSR count). The normalized spacial score (nSPS) is 11.3. The topological polar surface area (TPSA) is 78.1 Å². The van der Waals surface area contributed by atoms with Crippen LogP contribution >= 0.6 is 0 Å². The van der Waals surface area contributed by atoms with Gasteiger partial charge in [-0.05, 0) is 38.8 Å². The monoisotopic (exact) mass is 257 g/mol. The van der Waals surface area contributed by atoms with Crippen LogP contribution in [0.1, 0.15) is 77.0 Å². The van der Waals surface area contributed by atoms with Crippen molar-refractivity contribution in [3.8, 4) is 0 Å². The summed E-state index contributed by atoms with van der Waals surface area (Å²) in [7, 11) is 0. The van der Waals surface area contributed by atoms with Crippen LogP contribution in [0.3, 0.4) is 0 Å². The molecule has 0 aromatic heterocycles. The fourth-order valence-electron chi connectivity index (χ4n) is 2.31. The Labute approximate surface area is 114 Å². The second-order valence-electron chi connectivity index (χ2n) is 5.45. The van der Waals surface area contributed by atoms with Crippen LogP contribution in [0.2, 0.25) is 0 Å². The predicted molar refractivity (Wildman–Crippen MR) is 81.5 cm³/mol. The molecule has 0 heterocycles. The number of nitrogens with two attached hydrogens (primary N) is 3. The van der Waals surface area contributed by atoms with E-state index in [0.29, 0.717) is 6.04 Å². The van der Waals surface area contributed by atoms with Gasteiger partial charge in [0.15, 0.2) is 0 Å². The minimum absolute atomic E-state index is 0.425. The third-order valence-corrected chi connectivity index (χ3v) is 3.56. The van der Waals surface area contributed by atoms with E-state index in [1.54, 1.807) is 0 Å². The Hall–Kier alpha value is -0.120. The van der Waals surface area contributed by atoms with Gasteiger partial charge in [-0.15, -0.1) is 0 Å². The predicted octanol–water partition coefficient (Wildman–Crippen LogP) is 2.91. The molecule has 0 amide bonds. The van der Waals surface area contributed by atoms with E-state index in [-0.39, 0.29) is 0 Å². The van der Waals surface area contributed by atoms with Gasteiger partial charge in [0.05, 0.1) is 0 Å². The molecular weight excluding hydrogens is 222 g/mol. The summed E-state index contributed by atoms with van der Waals surface area (Å²) in [5, 5.41) is 0. The lowest BCUT2D eigenvalue weighted by Crippen LogP contribution is -2.19. The first-order valence-electron chi connectivity index (χ1n) is 7.97. The Morgan fingerprint density at radius 2 is 0.833 bits per heavy atom. The van der Waals surface area contributed by atoms with Crippen molar-refractivity contribution in [3.05, 3.63) is 0 Å². The minimum Gasteiger partial charge on any atom is -0.330 e. The second-order valence-corrected chi connectivity index (χ2v) is 5.45. The molecule has 0 aromatic rings. The number of rotatable bonds is 14. The van der Waals surface area contributed by atoms with Gasteiger partial charge in [-0.2, -0.15) is 0 Å². The molecule has 0 radical (unpaired) electrons. The molecule has 0 spiro atoms. The van der Waals surface area contributed by atoms with Crippen molar-refractivity contribution in [2.45, 2.75) is 83.1 Å². The zero-order valence-corrected chi connectivity index (χ0v) is 12.2. The Kier molecular flexibility index (Phi) is 14.8. The van der Waals surface area contributed by atoms with Crippen LogP contribution in [0.5, 0.6) is 0 Å². The molecule has 3 nitrogen and oxygen atoms in total. The van der Waals surface area contributed by atoms with Crippen molar-refractivity contribution in [1.82, 2.24) is 0 Å². The lowest BCUT2D eigenvalue weighted by atomic mass is 10.0.